The van der Waals surface area contributed by atoms with E-state index in [2.05, 4.69) is 191 Å². The number of rotatable bonds is 4. The van der Waals surface area contributed by atoms with Gasteiger partial charge in [-0.05, 0) is 126 Å². The van der Waals surface area contributed by atoms with Gasteiger partial charge in [0.1, 0.15) is 11.2 Å². The van der Waals surface area contributed by atoms with E-state index in [-0.39, 0.29) is 0 Å². The maximum Gasteiger partial charge on any atom is 0.178 e. The highest BCUT2D eigenvalue weighted by molar-refractivity contribution is 6.20. The fourth-order valence-corrected chi connectivity index (χ4v) is 9.63. The van der Waals surface area contributed by atoms with Gasteiger partial charge in [-0.1, -0.05) is 91.0 Å². The second-order valence-electron chi connectivity index (χ2n) is 15.6. The van der Waals surface area contributed by atoms with Crippen LogP contribution in [0.4, 0.5) is 0 Å². The van der Waals surface area contributed by atoms with Gasteiger partial charge in [0.05, 0.1) is 22.1 Å². The molecule has 0 saturated heterocycles. The summed E-state index contributed by atoms with van der Waals surface area (Å²) >= 11 is 0. The zero-order chi connectivity index (χ0) is 37.9. The first-order valence-electron chi connectivity index (χ1n) is 20.1. The average Bonchev–Trinajstić information content (AvgIpc) is 4.04. The molecular weight excluding hydrogens is 709 g/mol. The number of para-hydroxylation sites is 3. The Morgan fingerprint density at radius 1 is 0.362 bits per heavy atom. The average molecular weight is 743 g/mol. The number of hydrogen-bond acceptors (Lipinski definition) is 2. The van der Waals surface area contributed by atoms with Gasteiger partial charge in [0.25, 0.3) is 0 Å². The van der Waals surface area contributed by atoms with E-state index in [9.17, 15) is 0 Å². The van der Waals surface area contributed by atoms with Crippen molar-refractivity contribution in [2.75, 3.05) is 0 Å². The summed E-state index contributed by atoms with van der Waals surface area (Å²) in [5.74, 6) is 0. The fraction of sp³-hybridized carbons (Fsp3) is 0.0370. The van der Waals surface area contributed by atoms with Crippen LogP contribution in [0.2, 0.25) is 0 Å². The molecule has 0 bridgehead atoms. The second-order valence-corrected chi connectivity index (χ2v) is 15.6. The standard InChI is InChI=1S/C54H34N2O2/c1-3-11-37(12-4-1)55-47-17-9-7-15-39(47)43-29-33(19-25-49(43)55)35-21-27-51-45(31-35)41-23-24-42-46-32-36(22-28-52(46)58-54(42)53(41)57-51)34-20-26-50-44(30-34)40-16-8-10-18-48(40)56(50)38-13-5-2-6-14-38/h1,3-5,7-32H,2,6H2. The molecule has 1 aliphatic rings. The van der Waals surface area contributed by atoms with Gasteiger partial charge in [0.15, 0.2) is 11.2 Å². The van der Waals surface area contributed by atoms with Gasteiger partial charge in [0, 0.05) is 54.5 Å². The number of hydrogen-bond donors (Lipinski definition) is 0. The molecule has 0 radical (unpaired) electrons. The predicted molar refractivity (Wildman–Crippen MR) is 242 cm³/mol. The molecule has 0 fully saturated rings. The molecule has 0 spiro atoms. The summed E-state index contributed by atoms with van der Waals surface area (Å²) in [6.45, 7) is 0. The molecule has 0 aliphatic heterocycles. The molecule has 1 aliphatic carbocycles. The second kappa shape index (κ2) is 12.0. The van der Waals surface area contributed by atoms with Crippen LogP contribution >= 0.6 is 0 Å². The first kappa shape index (κ1) is 31.6. The van der Waals surface area contributed by atoms with Gasteiger partial charge >= 0.3 is 0 Å². The van der Waals surface area contributed by atoms with Gasteiger partial charge < -0.3 is 18.0 Å². The third-order valence-electron chi connectivity index (χ3n) is 12.3. The van der Waals surface area contributed by atoms with Crippen molar-refractivity contribution in [3.05, 3.63) is 182 Å². The molecule has 0 saturated carbocycles. The summed E-state index contributed by atoms with van der Waals surface area (Å²) in [6, 6.07) is 59.2. The molecular formula is C54H34N2O2. The minimum atomic E-state index is 0.782. The summed E-state index contributed by atoms with van der Waals surface area (Å²) in [4.78, 5) is 0. The maximum atomic E-state index is 6.62. The molecule has 0 atom stereocenters. The Kier molecular flexibility index (Phi) is 6.53. The Morgan fingerprint density at radius 3 is 1.41 bits per heavy atom. The van der Waals surface area contributed by atoms with Crippen molar-refractivity contribution in [2.45, 2.75) is 12.8 Å². The van der Waals surface area contributed by atoms with Gasteiger partial charge in [0.2, 0.25) is 0 Å². The molecule has 272 valence electrons. The Labute approximate surface area is 332 Å². The summed E-state index contributed by atoms with van der Waals surface area (Å²) in [7, 11) is 0. The lowest BCUT2D eigenvalue weighted by molar-refractivity contribution is 0.633. The molecule has 4 heteroatoms. The highest BCUT2D eigenvalue weighted by atomic mass is 16.4. The smallest absolute Gasteiger partial charge is 0.178 e. The molecule has 4 heterocycles. The van der Waals surface area contributed by atoms with Crippen molar-refractivity contribution in [3.63, 3.8) is 0 Å². The number of furan rings is 2. The van der Waals surface area contributed by atoms with E-state index >= 15 is 0 Å². The molecule has 0 N–H and O–H groups in total. The maximum absolute atomic E-state index is 6.62. The molecule has 0 amide bonds. The van der Waals surface area contributed by atoms with E-state index in [0.717, 1.165) is 73.5 Å². The topological polar surface area (TPSA) is 36.1 Å². The van der Waals surface area contributed by atoms with E-state index in [0.29, 0.717) is 0 Å². The number of nitrogens with zero attached hydrogens (tertiary/aromatic N) is 2. The summed E-state index contributed by atoms with van der Waals surface area (Å²) in [5.41, 5.74) is 15.2. The third kappa shape index (κ3) is 4.51. The third-order valence-corrected chi connectivity index (χ3v) is 12.3. The monoisotopic (exact) mass is 742 g/mol. The van der Waals surface area contributed by atoms with Crippen molar-refractivity contribution in [1.82, 2.24) is 9.13 Å². The van der Waals surface area contributed by atoms with Crippen LogP contribution in [0.3, 0.4) is 0 Å². The van der Waals surface area contributed by atoms with E-state index in [1.165, 1.54) is 60.4 Å². The molecule has 12 aromatic rings. The highest BCUT2D eigenvalue weighted by Gasteiger charge is 2.19. The first-order chi connectivity index (χ1) is 28.7. The van der Waals surface area contributed by atoms with Crippen LogP contribution in [-0.2, 0) is 0 Å². The number of benzene rings is 8. The van der Waals surface area contributed by atoms with Crippen LogP contribution in [0.15, 0.2) is 191 Å². The summed E-state index contributed by atoms with van der Waals surface area (Å²) < 4.78 is 18.0. The Balaban J connectivity index is 0.915. The van der Waals surface area contributed by atoms with Crippen molar-refractivity contribution < 1.29 is 8.83 Å². The van der Waals surface area contributed by atoms with E-state index in [1.54, 1.807) is 0 Å². The molecule has 4 aromatic heterocycles. The van der Waals surface area contributed by atoms with Gasteiger partial charge in [-0.2, -0.15) is 0 Å². The van der Waals surface area contributed by atoms with Crippen molar-refractivity contribution in [3.8, 4) is 27.9 Å². The zero-order valence-corrected chi connectivity index (χ0v) is 31.4. The van der Waals surface area contributed by atoms with Gasteiger partial charge in [-0.15, -0.1) is 0 Å². The zero-order valence-electron chi connectivity index (χ0n) is 31.4. The Bertz CT molecular complexity index is 3740. The van der Waals surface area contributed by atoms with Crippen LogP contribution in [0.5, 0.6) is 0 Å². The van der Waals surface area contributed by atoms with Crippen LogP contribution in [0, 0.1) is 0 Å². The van der Waals surface area contributed by atoms with Crippen molar-refractivity contribution in [1.29, 1.82) is 0 Å². The Morgan fingerprint density at radius 2 is 0.845 bits per heavy atom. The lowest BCUT2D eigenvalue weighted by Crippen LogP contribution is -1.96. The number of allylic oxidation sites excluding steroid dienone is 4. The first-order valence-corrected chi connectivity index (χ1v) is 20.1. The van der Waals surface area contributed by atoms with Crippen molar-refractivity contribution >= 4 is 93.2 Å². The molecule has 58 heavy (non-hydrogen) atoms. The van der Waals surface area contributed by atoms with E-state index < -0.39 is 0 Å². The van der Waals surface area contributed by atoms with Gasteiger partial charge in [-0.25, -0.2) is 0 Å². The summed E-state index contributed by atoms with van der Waals surface area (Å²) in [6.07, 6.45) is 9.05. The lowest BCUT2D eigenvalue weighted by atomic mass is 9.99. The van der Waals surface area contributed by atoms with Crippen LogP contribution in [-0.4, -0.2) is 9.13 Å². The molecule has 13 rings (SSSR count). The minimum Gasteiger partial charge on any atom is -0.452 e. The van der Waals surface area contributed by atoms with Crippen LogP contribution in [0.25, 0.3) is 121 Å². The summed E-state index contributed by atoms with van der Waals surface area (Å²) in [5, 5.41) is 9.26. The van der Waals surface area contributed by atoms with E-state index in [4.69, 9.17) is 8.83 Å². The lowest BCUT2D eigenvalue weighted by Gasteiger charge is -2.12. The fourth-order valence-electron chi connectivity index (χ4n) is 9.63. The number of aromatic nitrogens is 2. The predicted octanol–water partition coefficient (Wildman–Crippen LogP) is 15.2. The molecule has 8 aromatic carbocycles. The van der Waals surface area contributed by atoms with Gasteiger partial charge in [-0.3, -0.25) is 0 Å². The molecule has 4 nitrogen and oxygen atoms in total. The van der Waals surface area contributed by atoms with Crippen LogP contribution in [0.1, 0.15) is 12.8 Å². The largest absolute Gasteiger partial charge is 0.452 e. The van der Waals surface area contributed by atoms with Crippen molar-refractivity contribution in [2.24, 2.45) is 0 Å². The van der Waals surface area contributed by atoms with Crippen LogP contribution < -0.4 is 0 Å². The SMILES string of the molecule is C1=CC(n2c3ccccc3c3cc(-c4ccc5oc6c(ccc7c8cc(-c9ccc%10c(c9)c9ccccc9n%10-c9ccccc9)ccc8oc76)c5c4)ccc32)=CCC1. The molecule has 0 unspecified atom stereocenters. The minimum absolute atomic E-state index is 0.782. The quantitative estimate of drug-likeness (QED) is 0.180. The Hall–Kier alpha value is -7.56. The van der Waals surface area contributed by atoms with E-state index in [1.807, 2.05) is 0 Å². The highest BCUT2D eigenvalue weighted by Crippen LogP contribution is 2.43. The normalized spacial score (nSPS) is 13.4. The number of fused-ring (bicyclic) bond motifs is 13.